The monoisotopic (exact) mass is 372 g/mol. The van der Waals surface area contributed by atoms with Crippen LogP contribution >= 0.6 is 0 Å². The fraction of sp³-hybridized carbons (Fsp3) is 0.550. The second-order valence-corrected chi connectivity index (χ2v) is 7.49. The number of fused-ring (bicyclic) bond motifs is 1. The number of amides is 1. The predicted molar refractivity (Wildman–Crippen MR) is 104 cm³/mol. The van der Waals surface area contributed by atoms with Crippen LogP contribution in [-0.4, -0.2) is 57.3 Å². The minimum Gasteiger partial charge on any atom is -0.481 e. The number of likely N-dealkylation sites (tertiary alicyclic amines) is 1. The number of carbonyl (C=O) groups excluding carboxylic acids is 1. The van der Waals surface area contributed by atoms with Crippen LogP contribution in [0.2, 0.25) is 0 Å². The van der Waals surface area contributed by atoms with E-state index in [1.54, 1.807) is 0 Å². The zero-order chi connectivity index (χ0) is 19.4. The van der Waals surface area contributed by atoms with Crippen LogP contribution in [0.15, 0.2) is 24.3 Å². The van der Waals surface area contributed by atoms with Crippen molar-refractivity contribution in [3.8, 4) is 0 Å². The third kappa shape index (κ3) is 4.66. The van der Waals surface area contributed by atoms with Gasteiger partial charge in [0.15, 0.2) is 5.69 Å². The van der Waals surface area contributed by atoms with E-state index in [4.69, 9.17) is 5.11 Å². The molecule has 1 fully saturated rings. The second-order valence-electron chi connectivity index (χ2n) is 7.49. The summed E-state index contributed by atoms with van der Waals surface area (Å²) in [6, 6.07) is 8.16. The Kier molecular flexibility index (Phi) is 6.11. The number of nitrogens with one attached hydrogen (secondary N) is 1. The Morgan fingerprint density at radius 3 is 2.63 bits per heavy atom. The lowest BCUT2D eigenvalue weighted by molar-refractivity contribution is -0.137. The molecule has 146 valence electrons. The van der Waals surface area contributed by atoms with Gasteiger partial charge in [0, 0.05) is 37.0 Å². The Hall–Kier alpha value is -2.41. The summed E-state index contributed by atoms with van der Waals surface area (Å²) in [7, 11) is 0. The van der Waals surface area contributed by atoms with Crippen molar-refractivity contribution in [1.29, 1.82) is 0 Å². The molecule has 1 aliphatic heterocycles. The summed E-state index contributed by atoms with van der Waals surface area (Å²) >= 11 is 0. The van der Waals surface area contributed by atoms with Crippen molar-refractivity contribution in [2.75, 3.05) is 19.6 Å². The number of aliphatic carboxylic acids is 1. The first-order chi connectivity index (χ1) is 13.0. The van der Waals surface area contributed by atoms with E-state index in [1.165, 1.54) is 0 Å². The average Bonchev–Trinajstić information content (AvgIpc) is 3.03. The maximum absolute atomic E-state index is 12.8. The van der Waals surface area contributed by atoms with Crippen LogP contribution in [0.25, 0.3) is 10.9 Å². The minimum absolute atomic E-state index is 0.116. The first kappa shape index (κ1) is 19.4. The van der Waals surface area contributed by atoms with Gasteiger partial charge in [-0.25, -0.2) is 0 Å². The molecular formula is C20H28N4O3. The number of carbonyl (C=O) groups is 2. The number of carboxylic acids is 1. The Bertz CT molecular complexity index is 807. The molecule has 3 rings (SSSR count). The fourth-order valence-electron chi connectivity index (χ4n) is 3.66. The number of carboxylic acid groups (broad SMARTS) is 1. The van der Waals surface area contributed by atoms with Gasteiger partial charge >= 0.3 is 5.97 Å². The van der Waals surface area contributed by atoms with E-state index in [-0.39, 0.29) is 24.4 Å². The van der Waals surface area contributed by atoms with Gasteiger partial charge in [0.1, 0.15) is 0 Å². The highest BCUT2D eigenvalue weighted by molar-refractivity contribution is 6.05. The van der Waals surface area contributed by atoms with Gasteiger partial charge in [0.25, 0.3) is 5.91 Å². The molecule has 1 aromatic carbocycles. The summed E-state index contributed by atoms with van der Waals surface area (Å²) in [5.74, 6) is -0.861. The number of nitrogens with zero attached hydrogens (tertiary/aromatic N) is 3. The lowest BCUT2D eigenvalue weighted by atomic mass is 10.0. The third-order valence-electron chi connectivity index (χ3n) is 5.11. The fourth-order valence-corrected chi connectivity index (χ4v) is 3.66. The number of rotatable bonds is 7. The van der Waals surface area contributed by atoms with E-state index in [9.17, 15) is 9.59 Å². The first-order valence-corrected chi connectivity index (χ1v) is 9.68. The summed E-state index contributed by atoms with van der Waals surface area (Å²) in [5.41, 5.74) is 1.47. The van der Waals surface area contributed by atoms with E-state index in [0.29, 0.717) is 12.1 Å². The molecule has 0 bridgehead atoms. The highest BCUT2D eigenvalue weighted by Crippen LogP contribution is 2.22. The van der Waals surface area contributed by atoms with E-state index in [2.05, 4.69) is 29.2 Å². The van der Waals surface area contributed by atoms with Crippen LogP contribution in [0.3, 0.4) is 0 Å². The number of aromatic nitrogens is 2. The summed E-state index contributed by atoms with van der Waals surface area (Å²) in [6.45, 7) is 6.68. The molecule has 2 N–H and O–H groups in total. The van der Waals surface area contributed by atoms with Gasteiger partial charge in [-0.2, -0.15) is 5.10 Å². The molecule has 2 heterocycles. The largest absolute Gasteiger partial charge is 0.481 e. The zero-order valence-corrected chi connectivity index (χ0v) is 16.0. The molecule has 0 saturated carbocycles. The van der Waals surface area contributed by atoms with Crippen molar-refractivity contribution in [2.45, 2.75) is 51.6 Å². The number of hydrogen-bond acceptors (Lipinski definition) is 4. The van der Waals surface area contributed by atoms with Crippen LogP contribution in [0.5, 0.6) is 0 Å². The predicted octanol–water partition coefficient (Wildman–Crippen LogP) is 2.68. The van der Waals surface area contributed by atoms with Gasteiger partial charge in [-0.05, 0) is 45.7 Å². The average molecular weight is 372 g/mol. The smallest absolute Gasteiger partial charge is 0.303 e. The minimum atomic E-state index is -0.745. The van der Waals surface area contributed by atoms with Gasteiger partial charge in [0.2, 0.25) is 0 Å². The Morgan fingerprint density at radius 2 is 1.96 bits per heavy atom. The van der Waals surface area contributed by atoms with Crippen LogP contribution in [0.1, 0.15) is 56.1 Å². The second kappa shape index (κ2) is 8.52. The number of piperidine rings is 1. The SMILES string of the molecule is CC(C)n1nc(C(=O)NC2CCN(CCCC(=O)O)CC2)c2ccccc21. The van der Waals surface area contributed by atoms with Gasteiger partial charge < -0.3 is 15.3 Å². The molecule has 1 amide bonds. The summed E-state index contributed by atoms with van der Waals surface area (Å²) < 4.78 is 1.90. The highest BCUT2D eigenvalue weighted by atomic mass is 16.4. The maximum atomic E-state index is 12.8. The molecule has 0 spiro atoms. The van der Waals surface area contributed by atoms with Gasteiger partial charge in [0.05, 0.1) is 5.52 Å². The number of hydrogen-bond donors (Lipinski definition) is 2. The van der Waals surface area contributed by atoms with Crippen LogP contribution in [-0.2, 0) is 4.79 Å². The maximum Gasteiger partial charge on any atom is 0.303 e. The van der Waals surface area contributed by atoms with E-state index in [0.717, 1.165) is 43.4 Å². The van der Waals surface area contributed by atoms with E-state index in [1.807, 2.05) is 28.9 Å². The third-order valence-corrected chi connectivity index (χ3v) is 5.11. The standard InChI is InChI=1S/C20H28N4O3/c1-14(2)24-17-7-4-3-6-16(17)19(22-24)20(27)21-15-9-12-23(13-10-15)11-5-8-18(25)26/h3-4,6-7,14-15H,5,8-13H2,1-2H3,(H,21,27)(H,25,26). The lowest BCUT2D eigenvalue weighted by Crippen LogP contribution is -2.45. The first-order valence-electron chi connectivity index (χ1n) is 9.68. The molecule has 2 aromatic rings. The van der Waals surface area contributed by atoms with E-state index < -0.39 is 5.97 Å². The number of benzene rings is 1. The Morgan fingerprint density at radius 1 is 1.26 bits per heavy atom. The van der Waals surface area contributed by atoms with Crippen LogP contribution in [0, 0.1) is 0 Å². The molecule has 0 aliphatic carbocycles. The van der Waals surface area contributed by atoms with Gasteiger partial charge in [-0.3, -0.25) is 14.3 Å². The molecule has 0 unspecified atom stereocenters. The van der Waals surface area contributed by atoms with Crippen LogP contribution < -0.4 is 5.32 Å². The normalized spacial score (nSPS) is 16.1. The summed E-state index contributed by atoms with van der Waals surface area (Å²) in [6.07, 6.45) is 2.64. The molecule has 7 nitrogen and oxygen atoms in total. The number of para-hydroxylation sites is 1. The zero-order valence-electron chi connectivity index (χ0n) is 16.0. The molecule has 1 aliphatic rings. The summed E-state index contributed by atoms with van der Waals surface area (Å²) in [5, 5.41) is 17.3. The molecular weight excluding hydrogens is 344 g/mol. The molecule has 0 radical (unpaired) electrons. The molecule has 27 heavy (non-hydrogen) atoms. The van der Waals surface area contributed by atoms with Crippen molar-refractivity contribution in [3.63, 3.8) is 0 Å². The van der Waals surface area contributed by atoms with Crippen molar-refractivity contribution in [1.82, 2.24) is 20.0 Å². The molecule has 7 heteroatoms. The topological polar surface area (TPSA) is 87.5 Å². The van der Waals surface area contributed by atoms with Crippen molar-refractivity contribution >= 4 is 22.8 Å². The van der Waals surface area contributed by atoms with E-state index >= 15 is 0 Å². The summed E-state index contributed by atoms with van der Waals surface area (Å²) in [4.78, 5) is 25.7. The highest BCUT2D eigenvalue weighted by Gasteiger charge is 2.24. The quantitative estimate of drug-likeness (QED) is 0.780. The van der Waals surface area contributed by atoms with Crippen molar-refractivity contribution < 1.29 is 14.7 Å². The lowest BCUT2D eigenvalue weighted by Gasteiger charge is -2.32. The molecule has 1 saturated heterocycles. The van der Waals surface area contributed by atoms with Crippen molar-refractivity contribution in [3.05, 3.63) is 30.0 Å². The Labute approximate surface area is 159 Å². The van der Waals surface area contributed by atoms with Crippen LogP contribution in [0.4, 0.5) is 0 Å². The van der Waals surface area contributed by atoms with Gasteiger partial charge in [-0.1, -0.05) is 18.2 Å². The molecule has 0 atom stereocenters. The van der Waals surface area contributed by atoms with Gasteiger partial charge in [-0.15, -0.1) is 0 Å². The Balaban J connectivity index is 1.59. The molecule has 1 aromatic heterocycles. The van der Waals surface area contributed by atoms with Crippen molar-refractivity contribution in [2.24, 2.45) is 0 Å².